The summed E-state index contributed by atoms with van der Waals surface area (Å²) in [4.78, 5) is 11.5. The molecular weight excluding hydrogens is 318 g/mol. The average molecular weight is 334 g/mol. The Kier molecular flexibility index (Phi) is 4.16. The van der Waals surface area contributed by atoms with Gasteiger partial charge in [-0.2, -0.15) is 4.31 Å². The summed E-state index contributed by atoms with van der Waals surface area (Å²) in [6.07, 6.45) is 0.655. The van der Waals surface area contributed by atoms with Gasteiger partial charge in [-0.3, -0.25) is 4.57 Å². The highest BCUT2D eigenvalue weighted by Crippen LogP contribution is 2.23. The number of halogens is 1. The lowest BCUT2D eigenvalue weighted by Crippen LogP contribution is -2.31. The minimum absolute atomic E-state index is 0. The minimum atomic E-state index is -3.58. The van der Waals surface area contributed by atoms with Crippen molar-refractivity contribution in [2.45, 2.75) is 17.4 Å². The number of aryl methyl sites for hydroxylation is 1. The molecule has 0 bridgehead atoms. The topological polar surface area (TPSA) is 98.5 Å². The maximum absolute atomic E-state index is 12.5. The third kappa shape index (κ3) is 2.59. The van der Waals surface area contributed by atoms with Gasteiger partial charge in [0.05, 0.1) is 10.4 Å². The lowest BCUT2D eigenvalue weighted by atomic mass is 10.3. The second kappa shape index (κ2) is 5.45. The fraction of sp³-hybridized carbons (Fsp3) is 0.417. The van der Waals surface area contributed by atoms with Crippen LogP contribution in [0.5, 0.6) is 0 Å². The van der Waals surface area contributed by atoms with E-state index >= 15 is 0 Å². The number of hydrogen-bond acceptors (Lipinski definition) is 5. The van der Waals surface area contributed by atoms with Crippen molar-refractivity contribution in [1.82, 2.24) is 8.87 Å². The number of rotatable bonds is 2. The Labute approximate surface area is 127 Å². The fourth-order valence-corrected chi connectivity index (χ4v) is 3.92. The van der Waals surface area contributed by atoms with E-state index in [9.17, 15) is 13.2 Å². The summed E-state index contributed by atoms with van der Waals surface area (Å²) < 4.78 is 32.6. The molecule has 21 heavy (non-hydrogen) atoms. The zero-order valence-electron chi connectivity index (χ0n) is 11.4. The SMILES string of the molecule is Cl.Cn1c(=O)oc2cc(S(=O)(=O)N3CCC(N)C3)ccc21. The Morgan fingerprint density at radius 3 is 2.71 bits per heavy atom. The first kappa shape index (κ1) is 16.0. The summed E-state index contributed by atoms with van der Waals surface area (Å²) >= 11 is 0. The second-order valence-corrected chi connectivity index (χ2v) is 6.91. The van der Waals surface area contributed by atoms with Crippen LogP contribution in [0.25, 0.3) is 11.1 Å². The van der Waals surface area contributed by atoms with Gasteiger partial charge in [0.2, 0.25) is 10.0 Å². The molecule has 1 atom stereocenters. The van der Waals surface area contributed by atoms with Crippen LogP contribution in [0.4, 0.5) is 0 Å². The first-order valence-corrected chi connectivity index (χ1v) is 7.69. The third-order valence-corrected chi connectivity index (χ3v) is 5.45. The van der Waals surface area contributed by atoms with Crippen molar-refractivity contribution in [3.8, 4) is 0 Å². The summed E-state index contributed by atoms with van der Waals surface area (Å²) in [7, 11) is -2.01. The van der Waals surface area contributed by atoms with Gasteiger partial charge >= 0.3 is 5.76 Å². The van der Waals surface area contributed by atoms with Crippen LogP contribution in [0.1, 0.15) is 6.42 Å². The highest BCUT2D eigenvalue weighted by molar-refractivity contribution is 7.89. The Balaban J connectivity index is 0.00000161. The molecule has 0 saturated carbocycles. The van der Waals surface area contributed by atoms with Crippen LogP contribution in [0.3, 0.4) is 0 Å². The van der Waals surface area contributed by atoms with E-state index in [0.717, 1.165) is 0 Å². The Bertz CT molecular complexity index is 827. The summed E-state index contributed by atoms with van der Waals surface area (Å²) in [5.74, 6) is -0.516. The molecule has 0 amide bonds. The van der Waals surface area contributed by atoms with Gasteiger partial charge < -0.3 is 10.2 Å². The van der Waals surface area contributed by atoms with Gasteiger partial charge in [0.25, 0.3) is 0 Å². The van der Waals surface area contributed by atoms with Crippen LogP contribution in [0.15, 0.2) is 32.3 Å². The number of sulfonamides is 1. The summed E-state index contributed by atoms with van der Waals surface area (Å²) in [5, 5.41) is 0. The normalized spacial score (nSPS) is 19.8. The number of fused-ring (bicyclic) bond motifs is 1. The van der Waals surface area contributed by atoms with Crippen molar-refractivity contribution in [3.63, 3.8) is 0 Å². The summed E-state index contributed by atoms with van der Waals surface area (Å²) in [5.41, 5.74) is 6.57. The van der Waals surface area contributed by atoms with Gasteiger partial charge in [0.15, 0.2) is 5.58 Å². The lowest BCUT2D eigenvalue weighted by Gasteiger charge is -2.15. The van der Waals surface area contributed by atoms with Gasteiger partial charge in [-0.05, 0) is 18.6 Å². The molecule has 2 aromatic rings. The number of oxazole rings is 1. The lowest BCUT2D eigenvalue weighted by molar-refractivity contribution is 0.472. The Hall–Kier alpha value is -1.35. The van der Waals surface area contributed by atoms with Crippen LogP contribution in [-0.4, -0.2) is 36.4 Å². The zero-order valence-corrected chi connectivity index (χ0v) is 13.0. The number of hydrogen-bond donors (Lipinski definition) is 1. The molecule has 1 aliphatic heterocycles. The highest BCUT2D eigenvalue weighted by Gasteiger charge is 2.31. The van der Waals surface area contributed by atoms with E-state index in [1.165, 1.54) is 21.0 Å². The predicted octanol–water partition coefficient (Wildman–Crippen LogP) is 0.275. The highest BCUT2D eigenvalue weighted by atomic mass is 35.5. The van der Waals surface area contributed by atoms with Crippen molar-refractivity contribution in [3.05, 3.63) is 28.7 Å². The third-order valence-electron chi connectivity index (χ3n) is 3.59. The smallest absolute Gasteiger partial charge is 0.408 e. The maximum atomic E-state index is 12.5. The van der Waals surface area contributed by atoms with Crippen LogP contribution in [0, 0.1) is 0 Å². The van der Waals surface area contributed by atoms with Gasteiger partial charge in [0.1, 0.15) is 0 Å². The van der Waals surface area contributed by atoms with Crippen LogP contribution in [0.2, 0.25) is 0 Å². The van der Waals surface area contributed by atoms with E-state index < -0.39 is 15.8 Å². The van der Waals surface area contributed by atoms with Gasteiger partial charge in [0, 0.05) is 32.2 Å². The predicted molar refractivity (Wildman–Crippen MR) is 80.1 cm³/mol. The van der Waals surface area contributed by atoms with Crippen molar-refractivity contribution in [1.29, 1.82) is 0 Å². The molecule has 116 valence electrons. The summed E-state index contributed by atoms with van der Waals surface area (Å²) in [6.45, 7) is 0.735. The Morgan fingerprint density at radius 2 is 2.10 bits per heavy atom. The molecular formula is C12H16ClN3O4S. The first-order chi connectivity index (χ1) is 9.39. The largest absolute Gasteiger partial charge is 0.419 e. The quantitative estimate of drug-likeness (QED) is 0.850. The maximum Gasteiger partial charge on any atom is 0.419 e. The number of benzene rings is 1. The molecule has 1 aromatic heterocycles. The van der Waals surface area contributed by atoms with E-state index in [2.05, 4.69) is 0 Å². The molecule has 0 aliphatic carbocycles. The molecule has 1 unspecified atom stereocenters. The average Bonchev–Trinajstić information content (AvgIpc) is 2.95. The molecule has 0 radical (unpaired) electrons. The van der Waals surface area contributed by atoms with Gasteiger partial charge in [-0.25, -0.2) is 13.2 Å². The molecule has 3 rings (SSSR count). The van der Waals surface area contributed by atoms with Crippen LogP contribution >= 0.6 is 12.4 Å². The molecule has 9 heteroatoms. The van der Waals surface area contributed by atoms with Crippen molar-refractivity contribution >= 4 is 33.5 Å². The van der Waals surface area contributed by atoms with Crippen molar-refractivity contribution in [2.75, 3.05) is 13.1 Å². The molecule has 2 heterocycles. The number of nitrogens with two attached hydrogens (primary N) is 1. The first-order valence-electron chi connectivity index (χ1n) is 6.25. The Morgan fingerprint density at radius 1 is 1.38 bits per heavy atom. The zero-order chi connectivity index (χ0) is 14.5. The van der Waals surface area contributed by atoms with Crippen LogP contribution in [-0.2, 0) is 17.1 Å². The molecule has 1 aliphatic rings. The number of nitrogens with zero attached hydrogens (tertiary/aromatic N) is 2. The molecule has 1 saturated heterocycles. The van der Waals surface area contributed by atoms with E-state index in [1.807, 2.05) is 0 Å². The van der Waals surface area contributed by atoms with Gasteiger partial charge in [-0.1, -0.05) is 0 Å². The molecule has 0 spiro atoms. The molecule has 2 N–H and O–H groups in total. The van der Waals surface area contributed by atoms with E-state index in [4.69, 9.17) is 10.2 Å². The second-order valence-electron chi connectivity index (χ2n) is 4.97. The monoisotopic (exact) mass is 333 g/mol. The standard InChI is InChI=1S/C12H15N3O4S.ClH/c1-14-10-3-2-9(6-11(10)19-12(14)16)20(17,18)15-5-4-8(13)7-15;/h2-3,6,8H,4-5,7,13H2,1H3;1H. The van der Waals surface area contributed by atoms with Gasteiger partial charge in [-0.15, -0.1) is 12.4 Å². The molecule has 7 nitrogen and oxygen atoms in total. The van der Waals surface area contributed by atoms with E-state index in [-0.39, 0.29) is 28.9 Å². The fourth-order valence-electron chi connectivity index (χ4n) is 2.40. The molecule has 1 fully saturated rings. The summed E-state index contributed by atoms with van der Waals surface area (Å²) in [6, 6.07) is 4.32. The van der Waals surface area contributed by atoms with Crippen molar-refractivity contribution in [2.24, 2.45) is 12.8 Å². The minimum Gasteiger partial charge on any atom is -0.408 e. The molecule has 1 aromatic carbocycles. The van der Waals surface area contributed by atoms with Crippen LogP contribution < -0.4 is 11.5 Å². The van der Waals surface area contributed by atoms with E-state index in [1.54, 1.807) is 13.1 Å². The van der Waals surface area contributed by atoms with E-state index in [0.29, 0.717) is 25.0 Å². The van der Waals surface area contributed by atoms with Crippen molar-refractivity contribution < 1.29 is 12.8 Å². The number of aromatic nitrogens is 1.